The highest BCUT2D eigenvalue weighted by Gasteiger charge is 2.21. The predicted molar refractivity (Wildman–Crippen MR) is 76.9 cm³/mol. The van der Waals surface area contributed by atoms with Crippen LogP contribution in [0.3, 0.4) is 0 Å². The monoisotopic (exact) mass is 286 g/mol. The molecule has 0 saturated heterocycles. The fourth-order valence-corrected chi connectivity index (χ4v) is 2.29. The lowest BCUT2D eigenvalue weighted by atomic mass is 10.1. The molecule has 1 aromatic rings. The average Bonchev–Trinajstić information content (AvgIpc) is 2.32. The zero-order valence-corrected chi connectivity index (χ0v) is 12.1. The van der Waals surface area contributed by atoms with Gasteiger partial charge in [-0.2, -0.15) is 11.8 Å². The Morgan fingerprint density at radius 2 is 2.21 bits per heavy atom. The Kier molecular flexibility index (Phi) is 5.20. The molecule has 6 heteroatoms. The molecule has 1 atom stereocenters. The van der Waals surface area contributed by atoms with Crippen LogP contribution in [0, 0.1) is 12.7 Å². The summed E-state index contributed by atoms with van der Waals surface area (Å²) >= 11 is 1.48. The fourth-order valence-electron chi connectivity index (χ4n) is 1.57. The summed E-state index contributed by atoms with van der Waals surface area (Å²) in [6, 6.07) is 2.57. The molecule has 1 unspecified atom stereocenters. The maximum atomic E-state index is 13.5. The zero-order valence-electron chi connectivity index (χ0n) is 11.3. The number of aliphatic hydroxyl groups is 1. The summed E-state index contributed by atoms with van der Waals surface area (Å²) in [6.07, 6.45) is 1.87. The second kappa shape index (κ2) is 6.25. The highest BCUT2D eigenvalue weighted by atomic mass is 32.2. The average molecular weight is 286 g/mol. The maximum absolute atomic E-state index is 13.5. The number of thioether (sulfide) groups is 1. The van der Waals surface area contributed by atoms with Crippen LogP contribution < -0.4 is 11.1 Å². The van der Waals surface area contributed by atoms with Crippen LogP contribution in [0.4, 0.5) is 10.1 Å². The molecule has 4 nitrogen and oxygen atoms in total. The SMILES string of the molecule is CSCC(C)(O)CNC(=O)c1cc(N)c(C)c(F)c1. The normalized spacial score (nSPS) is 13.9. The fraction of sp³-hybridized carbons (Fsp3) is 0.462. The van der Waals surface area contributed by atoms with Crippen molar-refractivity contribution < 1.29 is 14.3 Å². The highest BCUT2D eigenvalue weighted by molar-refractivity contribution is 7.98. The molecule has 4 N–H and O–H groups in total. The van der Waals surface area contributed by atoms with E-state index in [4.69, 9.17) is 5.73 Å². The van der Waals surface area contributed by atoms with Crippen LogP contribution in [0.5, 0.6) is 0 Å². The van der Waals surface area contributed by atoms with E-state index in [2.05, 4.69) is 5.32 Å². The molecule has 1 rings (SSSR count). The Morgan fingerprint density at radius 1 is 1.58 bits per heavy atom. The number of nitrogens with two attached hydrogens (primary N) is 1. The molecule has 0 saturated carbocycles. The Morgan fingerprint density at radius 3 is 2.74 bits per heavy atom. The summed E-state index contributed by atoms with van der Waals surface area (Å²) in [4.78, 5) is 11.9. The molecule has 1 amide bonds. The van der Waals surface area contributed by atoms with Gasteiger partial charge in [0.25, 0.3) is 5.91 Å². The lowest BCUT2D eigenvalue weighted by molar-refractivity contribution is 0.0725. The lowest BCUT2D eigenvalue weighted by Crippen LogP contribution is -2.42. The highest BCUT2D eigenvalue weighted by Crippen LogP contribution is 2.17. The van der Waals surface area contributed by atoms with E-state index in [0.717, 1.165) is 6.07 Å². The van der Waals surface area contributed by atoms with Crippen LogP contribution in [0.2, 0.25) is 0 Å². The van der Waals surface area contributed by atoms with Crippen molar-refractivity contribution in [1.29, 1.82) is 0 Å². The summed E-state index contributed by atoms with van der Waals surface area (Å²) in [5, 5.41) is 12.5. The molecule has 0 aliphatic rings. The first-order valence-corrected chi connectivity index (χ1v) is 7.21. The van der Waals surface area contributed by atoms with E-state index in [9.17, 15) is 14.3 Å². The van der Waals surface area contributed by atoms with Crippen molar-refractivity contribution >= 4 is 23.4 Å². The number of halogens is 1. The van der Waals surface area contributed by atoms with Crippen molar-refractivity contribution in [3.8, 4) is 0 Å². The summed E-state index contributed by atoms with van der Waals surface area (Å²) in [5.41, 5.74) is 5.34. The number of nitrogens with one attached hydrogen (secondary N) is 1. The third-order valence-corrected chi connectivity index (χ3v) is 3.64. The number of benzene rings is 1. The van der Waals surface area contributed by atoms with Gasteiger partial charge < -0.3 is 16.2 Å². The molecule has 0 heterocycles. The molecule has 19 heavy (non-hydrogen) atoms. The summed E-state index contributed by atoms with van der Waals surface area (Å²) in [7, 11) is 0. The van der Waals surface area contributed by atoms with Gasteiger partial charge in [0.15, 0.2) is 0 Å². The molecule has 0 spiro atoms. The number of hydrogen-bond acceptors (Lipinski definition) is 4. The first-order chi connectivity index (χ1) is 8.76. The van der Waals surface area contributed by atoms with Crippen LogP contribution in [0.1, 0.15) is 22.8 Å². The van der Waals surface area contributed by atoms with Crippen molar-refractivity contribution in [1.82, 2.24) is 5.32 Å². The number of nitrogen functional groups attached to an aromatic ring is 1. The van der Waals surface area contributed by atoms with Gasteiger partial charge in [-0.1, -0.05) is 0 Å². The van der Waals surface area contributed by atoms with E-state index >= 15 is 0 Å². The topological polar surface area (TPSA) is 75.3 Å². The number of rotatable bonds is 5. The third-order valence-electron chi connectivity index (χ3n) is 2.73. The first-order valence-electron chi connectivity index (χ1n) is 5.82. The van der Waals surface area contributed by atoms with Gasteiger partial charge in [-0.05, 0) is 32.2 Å². The first kappa shape index (κ1) is 15.8. The number of carbonyl (C=O) groups excluding carboxylic acids is 1. The predicted octanol–water partition coefficient (Wildman–Crippen LogP) is 1.56. The van der Waals surface area contributed by atoms with Gasteiger partial charge in [0.05, 0.1) is 5.60 Å². The minimum Gasteiger partial charge on any atom is -0.398 e. The van der Waals surface area contributed by atoms with Gasteiger partial charge in [0.1, 0.15) is 5.82 Å². The van der Waals surface area contributed by atoms with Crippen molar-refractivity contribution in [2.45, 2.75) is 19.4 Å². The van der Waals surface area contributed by atoms with E-state index in [1.54, 1.807) is 13.8 Å². The molecular formula is C13H19FN2O2S. The van der Waals surface area contributed by atoms with Crippen molar-refractivity contribution in [3.63, 3.8) is 0 Å². The van der Waals surface area contributed by atoms with E-state index < -0.39 is 17.3 Å². The molecule has 0 aliphatic carbocycles. The van der Waals surface area contributed by atoms with Gasteiger partial charge in [-0.25, -0.2) is 4.39 Å². The van der Waals surface area contributed by atoms with Crippen molar-refractivity contribution in [2.24, 2.45) is 0 Å². The lowest BCUT2D eigenvalue weighted by Gasteiger charge is -2.22. The molecular weight excluding hydrogens is 267 g/mol. The van der Waals surface area contributed by atoms with Crippen LogP contribution in [0.15, 0.2) is 12.1 Å². The molecule has 1 aromatic carbocycles. The Bertz CT molecular complexity index is 455. The second-order valence-corrected chi connectivity index (χ2v) is 5.65. The number of amides is 1. The molecule has 0 aliphatic heterocycles. The molecule has 0 fully saturated rings. The van der Waals surface area contributed by atoms with Gasteiger partial charge in [0.2, 0.25) is 0 Å². The van der Waals surface area contributed by atoms with Gasteiger partial charge >= 0.3 is 0 Å². The minimum atomic E-state index is -0.996. The van der Waals surface area contributed by atoms with Crippen molar-refractivity contribution in [3.05, 3.63) is 29.1 Å². The maximum Gasteiger partial charge on any atom is 0.251 e. The van der Waals surface area contributed by atoms with Crippen LogP contribution in [0.25, 0.3) is 0 Å². The number of anilines is 1. The van der Waals surface area contributed by atoms with Crippen LogP contribution in [-0.2, 0) is 0 Å². The van der Waals surface area contributed by atoms with Crippen molar-refractivity contribution in [2.75, 3.05) is 24.3 Å². The number of hydrogen-bond donors (Lipinski definition) is 3. The Hall–Kier alpha value is -1.27. The van der Waals surface area contributed by atoms with Crippen LogP contribution >= 0.6 is 11.8 Å². The third kappa shape index (κ3) is 4.40. The summed E-state index contributed by atoms with van der Waals surface area (Å²) < 4.78 is 13.5. The quantitative estimate of drug-likeness (QED) is 0.718. The van der Waals surface area contributed by atoms with E-state index in [1.165, 1.54) is 17.8 Å². The summed E-state index contributed by atoms with van der Waals surface area (Å²) in [6.45, 7) is 3.28. The minimum absolute atomic E-state index is 0.0993. The largest absolute Gasteiger partial charge is 0.398 e. The molecule has 106 valence electrons. The molecule has 0 bridgehead atoms. The molecule has 0 radical (unpaired) electrons. The van der Waals surface area contributed by atoms with Gasteiger partial charge in [-0.15, -0.1) is 0 Å². The van der Waals surface area contributed by atoms with E-state index in [-0.39, 0.29) is 17.8 Å². The van der Waals surface area contributed by atoms with Gasteiger partial charge in [0, 0.05) is 29.1 Å². The zero-order chi connectivity index (χ0) is 14.6. The molecule has 0 aromatic heterocycles. The summed E-state index contributed by atoms with van der Waals surface area (Å²) in [5.74, 6) is -0.467. The Labute approximate surface area is 116 Å². The van der Waals surface area contributed by atoms with E-state index in [0.29, 0.717) is 11.3 Å². The second-order valence-electron chi connectivity index (χ2n) is 4.78. The smallest absolute Gasteiger partial charge is 0.251 e. The standard InChI is InChI=1S/C13H19FN2O2S/c1-8-10(14)4-9(5-11(8)15)12(17)16-6-13(2,18)7-19-3/h4-5,18H,6-7,15H2,1-3H3,(H,16,17). The van der Waals surface area contributed by atoms with Gasteiger partial charge in [-0.3, -0.25) is 4.79 Å². The Balaban J connectivity index is 2.74. The number of carbonyl (C=O) groups is 1. The van der Waals surface area contributed by atoms with Crippen LogP contribution in [-0.4, -0.2) is 35.2 Å². The van der Waals surface area contributed by atoms with E-state index in [1.807, 2.05) is 6.26 Å².